The zero-order chi connectivity index (χ0) is 12.3. The lowest BCUT2D eigenvalue weighted by Crippen LogP contribution is -2.16. The van der Waals surface area contributed by atoms with Gasteiger partial charge in [0.05, 0.1) is 6.20 Å². The largest absolute Gasteiger partial charge is 0.573 e. The summed E-state index contributed by atoms with van der Waals surface area (Å²) < 4.78 is 39.6. The summed E-state index contributed by atoms with van der Waals surface area (Å²) in [6.07, 6.45) is -0.457. The molecule has 1 radical (unpaired) electrons. The van der Waals surface area contributed by atoms with Gasteiger partial charge in [0, 0.05) is 11.8 Å². The number of benzene rings is 1. The van der Waals surface area contributed by atoms with Crippen molar-refractivity contribution in [3.8, 4) is 16.9 Å². The van der Waals surface area contributed by atoms with E-state index < -0.39 is 6.36 Å². The van der Waals surface area contributed by atoms with Gasteiger partial charge in [-0.1, -0.05) is 18.2 Å². The van der Waals surface area contributed by atoms with E-state index in [0.717, 1.165) is 11.1 Å². The molecule has 0 saturated heterocycles. The molecule has 0 unspecified atom stereocenters. The molecule has 17 heavy (non-hydrogen) atoms. The Labute approximate surface area is 95.7 Å². The molecule has 1 aromatic heterocycles. The van der Waals surface area contributed by atoms with Crippen molar-refractivity contribution in [3.63, 3.8) is 0 Å². The first kappa shape index (κ1) is 11.4. The normalized spacial score (nSPS) is 11.2. The zero-order valence-corrected chi connectivity index (χ0v) is 8.53. The molecule has 0 amide bonds. The maximum absolute atomic E-state index is 11.9. The Hall–Kier alpha value is -2.04. The van der Waals surface area contributed by atoms with Gasteiger partial charge in [-0.3, -0.25) is 4.98 Å². The molecular weight excluding hydrogens is 231 g/mol. The molecule has 2 nitrogen and oxygen atoms in total. The van der Waals surface area contributed by atoms with Crippen molar-refractivity contribution >= 4 is 0 Å². The summed E-state index contributed by atoms with van der Waals surface area (Å²) in [4.78, 5) is 3.81. The third-order valence-electron chi connectivity index (χ3n) is 2.04. The van der Waals surface area contributed by atoms with Gasteiger partial charge in [-0.05, 0) is 23.8 Å². The summed E-state index contributed by atoms with van der Waals surface area (Å²) in [6.45, 7) is 0. The number of nitrogens with zero attached hydrogens (tertiary/aromatic N) is 1. The first-order valence-electron chi connectivity index (χ1n) is 4.73. The van der Waals surface area contributed by atoms with Gasteiger partial charge >= 0.3 is 6.36 Å². The van der Waals surface area contributed by atoms with E-state index in [9.17, 15) is 13.2 Å². The Morgan fingerprint density at radius 3 is 2.24 bits per heavy atom. The summed E-state index contributed by atoms with van der Waals surface area (Å²) in [7, 11) is 0. The quantitative estimate of drug-likeness (QED) is 0.799. The van der Waals surface area contributed by atoms with Crippen LogP contribution in [0.3, 0.4) is 0 Å². The zero-order valence-electron chi connectivity index (χ0n) is 8.53. The van der Waals surface area contributed by atoms with Crippen molar-refractivity contribution in [2.45, 2.75) is 6.36 Å². The SMILES string of the molecule is FC(F)(F)Oc1ccc(-c2cc[c]nc2)cc1. The lowest BCUT2D eigenvalue weighted by molar-refractivity contribution is -0.274. The lowest BCUT2D eigenvalue weighted by atomic mass is 10.1. The van der Waals surface area contributed by atoms with Gasteiger partial charge in [0.15, 0.2) is 0 Å². The smallest absolute Gasteiger partial charge is 0.406 e. The first-order valence-corrected chi connectivity index (χ1v) is 4.73. The molecule has 1 heterocycles. The highest BCUT2D eigenvalue weighted by atomic mass is 19.4. The molecular formula is C12H7F3NO. The van der Waals surface area contributed by atoms with Crippen molar-refractivity contribution in [3.05, 3.63) is 48.8 Å². The Balaban J connectivity index is 2.19. The van der Waals surface area contributed by atoms with Crippen molar-refractivity contribution in [2.75, 3.05) is 0 Å². The molecule has 1 aromatic carbocycles. The number of rotatable bonds is 2. The number of pyridine rings is 1. The van der Waals surface area contributed by atoms with Crippen LogP contribution in [-0.2, 0) is 0 Å². The van der Waals surface area contributed by atoms with E-state index in [0.29, 0.717) is 0 Å². The van der Waals surface area contributed by atoms with E-state index in [1.165, 1.54) is 24.3 Å². The molecule has 0 aliphatic carbocycles. The van der Waals surface area contributed by atoms with E-state index in [1.54, 1.807) is 18.3 Å². The third kappa shape index (κ3) is 3.21. The van der Waals surface area contributed by atoms with E-state index >= 15 is 0 Å². The molecule has 0 spiro atoms. The monoisotopic (exact) mass is 238 g/mol. The number of alkyl halides is 3. The standard InChI is InChI=1S/C12H7F3NO/c13-12(14,15)17-11-5-3-9(4-6-11)10-2-1-7-16-8-10/h1-6,8H. The Bertz CT molecular complexity index is 479. The second-order valence-electron chi connectivity index (χ2n) is 3.25. The third-order valence-corrected chi connectivity index (χ3v) is 2.04. The van der Waals surface area contributed by atoms with E-state index in [4.69, 9.17) is 0 Å². The minimum atomic E-state index is -4.66. The van der Waals surface area contributed by atoms with Gasteiger partial charge in [-0.15, -0.1) is 13.2 Å². The lowest BCUT2D eigenvalue weighted by Gasteiger charge is -2.09. The summed E-state index contributed by atoms with van der Waals surface area (Å²) in [6, 6.07) is 9.01. The molecule has 0 atom stereocenters. The van der Waals surface area contributed by atoms with Gasteiger partial charge in [-0.25, -0.2) is 0 Å². The summed E-state index contributed by atoms with van der Waals surface area (Å²) in [5, 5.41) is 0. The number of aromatic nitrogens is 1. The fourth-order valence-corrected chi connectivity index (χ4v) is 1.34. The Morgan fingerprint density at radius 1 is 1.00 bits per heavy atom. The summed E-state index contributed by atoms with van der Waals surface area (Å²) in [5.74, 6) is -0.239. The van der Waals surface area contributed by atoms with Gasteiger partial charge in [0.25, 0.3) is 0 Å². The molecule has 0 saturated carbocycles. The van der Waals surface area contributed by atoms with Crippen LogP contribution in [0.4, 0.5) is 13.2 Å². The minimum absolute atomic E-state index is 0.239. The van der Waals surface area contributed by atoms with Crippen molar-refractivity contribution < 1.29 is 17.9 Å². The van der Waals surface area contributed by atoms with Crippen LogP contribution in [0.1, 0.15) is 0 Å². The molecule has 0 aliphatic rings. The van der Waals surface area contributed by atoms with Crippen LogP contribution in [0.25, 0.3) is 11.1 Å². The number of halogens is 3. The van der Waals surface area contributed by atoms with Crippen LogP contribution in [-0.4, -0.2) is 11.3 Å². The van der Waals surface area contributed by atoms with E-state index in [-0.39, 0.29) is 5.75 Å². The average molecular weight is 238 g/mol. The molecule has 0 N–H and O–H groups in total. The van der Waals surface area contributed by atoms with Crippen molar-refractivity contribution in [1.82, 2.24) is 4.98 Å². The summed E-state index contributed by atoms with van der Waals surface area (Å²) >= 11 is 0. The van der Waals surface area contributed by atoms with Crippen LogP contribution in [0.5, 0.6) is 5.75 Å². The molecule has 2 rings (SSSR count). The average Bonchev–Trinajstić information content (AvgIpc) is 2.29. The Morgan fingerprint density at radius 2 is 1.71 bits per heavy atom. The predicted octanol–water partition coefficient (Wildman–Crippen LogP) is 3.45. The Kier molecular flexibility index (Phi) is 2.99. The second kappa shape index (κ2) is 4.45. The second-order valence-corrected chi connectivity index (χ2v) is 3.25. The van der Waals surface area contributed by atoms with Crippen LogP contribution < -0.4 is 4.74 Å². The van der Waals surface area contributed by atoms with Gasteiger partial charge in [0.1, 0.15) is 5.75 Å². The van der Waals surface area contributed by atoms with Gasteiger partial charge in [0.2, 0.25) is 0 Å². The molecule has 2 aromatic rings. The minimum Gasteiger partial charge on any atom is -0.406 e. The fraction of sp³-hybridized carbons (Fsp3) is 0.0833. The van der Waals surface area contributed by atoms with Crippen molar-refractivity contribution in [2.24, 2.45) is 0 Å². The van der Waals surface area contributed by atoms with Crippen LogP contribution >= 0.6 is 0 Å². The van der Waals surface area contributed by atoms with Gasteiger partial charge < -0.3 is 4.74 Å². The summed E-state index contributed by atoms with van der Waals surface area (Å²) in [5.41, 5.74) is 1.57. The fourth-order valence-electron chi connectivity index (χ4n) is 1.34. The number of ether oxygens (including phenoxy) is 1. The highest BCUT2D eigenvalue weighted by Gasteiger charge is 2.30. The van der Waals surface area contributed by atoms with Crippen molar-refractivity contribution in [1.29, 1.82) is 0 Å². The predicted molar refractivity (Wildman–Crippen MR) is 55.2 cm³/mol. The number of hydrogen-bond donors (Lipinski definition) is 0. The molecule has 0 bridgehead atoms. The molecule has 0 aliphatic heterocycles. The first-order chi connectivity index (χ1) is 8.04. The molecule has 5 heteroatoms. The van der Waals surface area contributed by atoms with Crippen LogP contribution in [0, 0.1) is 6.20 Å². The highest BCUT2D eigenvalue weighted by molar-refractivity contribution is 5.62. The van der Waals surface area contributed by atoms with E-state index in [1.807, 2.05) is 0 Å². The van der Waals surface area contributed by atoms with Crippen LogP contribution in [0.2, 0.25) is 0 Å². The number of hydrogen-bond acceptors (Lipinski definition) is 2. The maximum Gasteiger partial charge on any atom is 0.573 e. The molecule has 0 fully saturated rings. The van der Waals surface area contributed by atoms with Crippen LogP contribution in [0.15, 0.2) is 42.6 Å². The topological polar surface area (TPSA) is 22.1 Å². The van der Waals surface area contributed by atoms with E-state index in [2.05, 4.69) is 15.9 Å². The van der Waals surface area contributed by atoms with Gasteiger partial charge in [-0.2, -0.15) is 0 Å². The molecule has 87 valence electrons. The highest BCUT2D eigenvalue weighted by Crippen LogP contribution is 2.25. The maximum atomic E-state index is 11.9.